The van der Waals surface area contributed by atoms with Crippen molar-refractivity contribution in [1.29, 1.82) is 0 Å². The van der Waals surface area contributed by atoms with Crippen LogP contribution in [0.3, 0.4) is 0 Å². The number of ether oxygens (including phenoxy) is 1. The number of piperazine rings is 1. The lowest BCUT2D eigenvalue weighted by molar-refractivity contribution is 0.0139. The van der Waals surface area contributed by atoms with Crippen LogP contribution in [0.5, 0.6) is 0 Å². The van der Waals surface area contributed by atoms with E-state index in [0.717, 1.165) is 16.7 Å². The minimum atomic E-state index is -3.99. The highest BCUT2D eigenvalue weighted by Gasteiger charge is 2.28. The van der Waals surface area contributed by atoms with Gasteiger partial charge in [-0.1, -0.05) is 47.5 Å². The van der Waals surface area contributed by atoms with Crippen LogP contribution in [-0.2, 0) is 21.3 Å². The topological polar surface area (TPSA) is 97.6 Å². The molecule has 0 radical (unpaired) electrons. The molecule has 0 N–H and O–H groups in total. The molecule has 0 bridgehead atoms. The first-order valence-electron chi connectivity index (χ1n) is 13.1. The van der Waals surface area contributed by atoms with E-state index in [2.05, 4.69) is 14.9 Å². The van der Waals surface area contributed by atoms with Crippen molar-refractivity contribution in [3.8, 4) is 11.3 Å². The van der Waals surface area contributed by atoms with Crippen LogP contribution in [-0.4, -0.2) is 70.0 Å². The van der Waals surface area contributed by atoms with Crippen molar-refractivity contribution in [2.75, 3.05) is 26.2 Å². The molecule has 9 nitrogen and oxygen atoms in total. The van der Waals surface area contributed by atoms with E-state index in [1.54, 1.807) is 35.2 Å². The molecule has 3 heterocycles. The number of halogens is 1. The minimum absolute atomic E-state index is 0.158. The molecule has 1 saturated heterocycles. The van der Waals surface area contributed by atoms with E-state index in [1.165, 1.54) is 10.3 Å². The molecule has 0 aliphatic carbocycles. The lowest BCUT2D eigenvalue weighted by atomic mass is 10.1. The van der Waals surface area contributed by atoms with Gasteiger partial charge < -0.3 is 9.64 Å². The standard InChI is InChI=1S/C29H32ClN5O4S/c1-20-8-10-23(11-9-20)40(37,38)35-25(17-24-26(30)31-19-32-27(24)35)22-7-5-6-21(16-22)18-33-12-14-34(15-13-33)28(36)39-29(2,3)4/h5-11,16-17,19H,12-15,18H2,1-4H3. The molecule has 11 heteroatoms. The predicted molar refractivity (Wildman–Crippen MR) is 155 cm³/mol. The highest BCUT2D eigenvalue weighted by molar-refractivity contribution is 7.90. The largest absolute Gasteiger partial charge is 0.444 e. The Labute approximate surface area is 239 Å². The number of hydrogen-bond donors (Lipinski definition) is 0. The van der Waals surface area contributed by atoms with Crippen molar-refractivity contribution in [1.82, 2.24) is 23.7 Å². The molecule has 5 rings (SSSR count). The summed E-state index contributed by atoms with van der Waals surface area (Å²) >= 11 is 6.37. The molecule has 210 valence electrons. The fourth-order valence-corrected chi connectivity index (χ4v) is 6.39. The number of carbonyl (C=O) groups is 1. The fourth-order valence-electron chi connectivity index (χ4n) is 4.72. The highest BCUT2D eigenvalue weighted by Crippen LogP contribution is 2.34. The summed E-state index contributed by atoms with van der Waals surface area (Å²) in [4.78, 5) is 24.9. The second-order valence-corrected chi connectivity index (χ2v) is 13.1. The third-order valence-electron chi connectivity index (χ3n) is 6.72. The predicted octanol–water partition coefficient (Wildman–Crippen LogP) is 5.35. The van der Waals surface area contributed by atoms with E-state index in [-0.39, 0.29) is 21.8 Å². The number of fused-ring (bicyclic) bond motifs is 1. The Morgan fingerprint density at radius 2 is 1.70 bits per heavy atom. The molecule has 1 amide bonds. The van der Waals surface area contributed by atoms with Gasteiger partial charge in [-0.3, -0.25) is 4.90 Å². The zero-order valence-electron chi connectivity index (χ0n) is 23.0. The number of aromatic nitrogens is 3. The number of benzene rings is 2. The first-order valence-corrected chi connectivity index (χ1v) is 14.9. The molecule has 2 aromatic heterocycles. The maximum atomic E-state index is 13.9. The first-order chi connectivity index (χ1) is 18.9. The normalized spacial score (nSPS) is 15.0. The SMILES string of the molecule is Cc1ccc(S(=O)(=O)n2c(-c3cccc(CN4CCN(C(=O)OC(C)(C)C)CC4)c3)cc3c(Cl)ncnc32)cc1. The molecule has 0 atom stereocenters. The average Bonchev–Trinajstić information content (AvgIpc) is 3.31. The van der Waals surface area contributed by atoms with E-state index >= 15 is 0 Å². The number of aryl methyl sites for hydroxylation is 1. The maximum Gasteiger partial charge on any atom is 0.410 e. The van der Waals surface area contributed by atoms with Gasteiger partial charge in [0.1, 0.15) is 17.1 Å². The Hall–Kier alpha value is -3.47. The summed E-state index contributed by atoms with van der Waals surface area (Å²) < 4.78 is 34.6. The number of carbonyl (C=O) groups excluding carboxylic acids is 1. The van der Waals surface area contributed by atoms with Crippen LogP contribution in [0.25, 0.3) is 22.3 Å². The summed E-state index contributed by atoms with van der Waals surface area (Å²) in [6.45, 7) is 10.7. The van der Waals surface area contributed by atoms with Gasteiger partial charge in [-0.2, -0.15) is 0 Å². The average molecular weight is 582 g/mol. The Morgan fingerprint density at radius 3 is 2.38 bits per heavy atom. The zero-order chi connectivity index (χ0) is 28.7. The molecule has 2 aromatic carbocycles. The smallest absolute Gasteiger partial charge is 0.410 e. The summed E-state index contributed by atoms with van der Waals surface area (Å²) in [6.07, 6.45) is 0.974. The quantitative estimate of drug-likeness (QED) is 0.293. The van der Waals surface area contributed by atoms with Gasteiger partial charge in [-0.15, -0.1) is 0 Å². The monoisotopic (exact) mass is 581 g/mol. The first kappa shape index (κ1) is 28.1. The summed E-state index contributed by atoms with van der Waals surface area (Å²) in [7, 11) is -3.99. The Bertz CT molecular complexity index is 1650. The van der Waals surface area contributed by atoms with Crippen molar-refractivity contribution >= 4 is 38.8 Å². The molecule has 0 saturated carbocycles. The van der Waals surface area contributed by atoms with Crippen molar-refractivity contribution < 1.29 is 17.9 Å². The van der Waals surface area contributed by atoms with E-state index in [4.69, 9.17) is 16.3 Å². The van der Waals surface area contributed by atoms with E-state index in [9.17, 15) is 13.2 Å². The molecular weight excluding hydrogens is 550 g/mol. The van der Waals surface area contributed by atoms with Crippen LogP contribution >= 0.6 is 11.6 Å². The fraction of sp³-hybridized carbons (Fsp3) is 0.345. The summed E-state index contributed by atoms with van der Waals surface area (Å²) in [6, 6.07) is 16.2. The summed E-state index contributed by atoms with van der Waals surface area (Å²) in [5, 5.41) is 0.640. The maximum absolute atomic E-state index is 13.9. The Kier molecular flexibility index (Phi) is 7.60. The van der Waals surface area contributed by atoms with Crippen LogP contribution in [0.1, 0.15) is 31.9 Å². The van der Waals surface area contributed by atoms with Gasteiger partial charge in [0, 0.05) is 32.7 Å². The third kappa shape index (κ3) is 5.84. The van der Waals surface area contributed by atoms with Crippen LogP contribution in [0, 0.1) is 6.92 Å². The highest BCUT2D eigenvalue weighted by atomic mass is 35.5. The van der Waals surface area contributed by atoms with E-state index in [0.29, 0.717) is 43.8 Å². The Morgan fingerprint density at radius 1 is 1.00 bits per heavy atom. The summed E-state index contributed by atoms with van der Waals surface area (Å²) in [5.74, 6) is 0. The van der Waals surface area contributed by atoms with Gasteiger partial charge in [0.25, 0.3) is 10.0 Å². The number of nitrogens with zero attached hydrogens (tertiary/aromatic N) is 5. The van der Waals surface area contributed by atoms with E-state index < -0.39 is 15.6 Å². The molecular formula is C29H32ClN5O4S. The molecule has 1 fully saturated rings. The Balaban J connectivity index is 1.44. The molecule has 1 aliphatic rings. The van der Waals surface area contributed by atoms with Gasteiger partial charge in [0.05, 0.1) is 16.0 Å². The molecule has 40 heavy (non-hydrogen) atoms. The van der Waals surface area contributed by atoms with Crippen LogP contribution in [0.4, 0.5) is 4.79 Å². The van der Waals surface area contributed by atoms with Crippen LogP contribution < -0.4 is 0 Å². The van der Waals surface area contributed by atoms with Gasteiger partial charge >= 0.3 is 6.09 Å². The number of rotatable bonds is 5. The van der Waals surface area contributed by atoms with Gasteiger partial charge in [0.15, 0.2) is 5.65 Å². The zero-order valence-corrected chi connectivity index (χ0v) is 24.5. The van der Waals surface area contributed by atoms with Crippen LogP contribution in [0.2, 0.25) is 5.15 Å². The van der Waals surface area contributed by atoms with Crippen molar-refractivity contribution in [2.24, 2.45) is 0 Å². The summed E-state index contributed by atoms with van der Waals surface area (Å²) in [5.41, 5.74) is 2.84. The lowest BCUT2D eigenvalue weighted by Crippen LogP contribution is -2.49. The molecule has 0 spiro atoms. The second-order valence-electron chi connectivity index (χ2n) is 11.0. The number of hydrogen-bond acceptors (Lipinski definition) is 7. The minimum Gasteiger partial charge on any atom is -0.444 e. The van der Waals surface area contributed by atoms with Gasteiger partial charge in [0.2, 0.25) is 0 Å². The molecule has 0 unspecified atom stereocenters. The van der Waals surface area contributed by atoms with Gasteiger partial charge in [-0.05, 0) is 63.1 Å². The second kappa shape index (κ2) is 10.8. The van der Waals surface area contributed by atoms with Crippen molar-refractivity contribution in [3.05, 3.63) is 77.2 Å². The number of amides is 1. The van der Waals surface area contributed by atoms with Crippen LogP contribution in [0.15, 0.2) is 65.8 Å². The van der Waals surface area contributed by atoms with Crippen molar-refractivity contribution in [3.63, 3.8) is 0 Å². The third-order valence-corrected chi connectivity index (χ3v) is 8.74. The van der Waals surface area contributed by atoms with E-state index in [1.807, 2.05) is 52.0 Å². The molecule has 1 aliphatic heterocycles. The van der Waals surface area contributed by atoms with Gasteiger partial charge in [-0.25, -0.2) is 27.2 Å². The lowest BCUT2D eigenvalue weighted by Gasteiger charge is -2.35. The van der Waals surface area contributed by atoms with Crippen molar-refractivity contribution in [2.45, 2.75) is 44.7 Å². The molecule has 4 aromatic rings.